The number of nitrogens with zero attached hydrogens (tertiary/aromatic N) is 2. The molecule has 0 aliphatic heterocycles. The third-order valence-corrected chi connectivity index (χ3v) is 4.01. The molecule has 116 valence electrons. The van der Waals surface area contributed by atoms with Crippen LogP contribution in [-0.4, -0.2) is 32.1 Å². The van der Waals surface area contributed by atoms with E-state index < -0.39 is 10.5 Å². The molecule has 2 aromatic rings. The summed E-state index contributed by atoms with van der Waals surface area (Å²) in [4.78, 5) is 28.9. The number of benzene rings is 1. The predicted octanol–water partition coefficient (Wildman–Crippen LogP) is 1.55. The lowest BCUT2D eigenvalue weighted by Gasteiger charge is -2.26. The van der Waals surface area contributed by atoms with Crippen molar-refractivity contribution in [3.8, 4) is 0 Å². The fourth-order valence-corrected chi connectivity index (χ4v) is 2.81. The van der Waals surface area contributed by atoms with Gasteiger partial charge in [-0.25, -0.2) is 4.98 Å². The van der Waals surface area contributed by atoms with Gasteiger partial charge in [0.1, 0.15) is 5.69 Å². The van der Waals surface area contributed by atoms with Crippen molar-refractivity contribution in [3.05, 3.63) is 38.9 Å². The Labute approximate surface area is 125 Å². The topological polar surface area (TPSA) is 121 Å². The standard InChI is InChI=1S/C14H16N4O4/c19-9-3-1-8(2-4-9)17-12-6-11-10(5-13(12)18(21)22)14(20)16-7-15-11/h5-9,17,19H,1-4H2,(H,15,16,20). The molecular formula is C14H16N4O4. The Balaban J connectivity index is 1.98. The molecule has 0 atom stereocenters. The number of hydrogen-bond acceptors (Lipinski definition) is 6. The first kappa shape index (κ1) is 14.5. The molecule has 0 amide bonds. The zero-order chi connectivity index (χ0) is 15.7. The molecule has 0 spiro atoms. The lowest BCUT2D eigenvalue weighted by Crippen LogP contribution is -2.28. The molecule has 1 aromatic carbocycles. The number of aliphatic hydroxyl groups excluding tert-OH is 1. The molecule has 1 saturated carbocycles. The van der Waals surface area contributed by atoms with Gasteiger partial charge in [-0.2, -0.15) is 0 Å². The van der Waals surface area contributed by atoms with Crippen molar-refractivity contribution in [2.45, 2.75) is 37.8 Å². The smallest absolute Gasteiger partial charge is 0.293 e. The summed E-state index contributed by atoms with van der Waals surface area (Å²) in [6.07, 6.45) is 3.84. The van der Waals surface area contributed by atoms with Crippen molar-refractivity contribution in [2.75, 3.05) is 5.32 Å². The summed E-state index contributed by atoms with van der Waals surface area (Å²) in [5.74, 6) is 0. The Bertz CT molecular complexity index is 765. The molecule has 8 heteroatoms. The number of rotatable bonds is 3. The molecule has 3 N–H and O–H groups in total. The van der Waals surface area contributed by atoms with E-state index in [4.69, 9.17) is 0 Å². The third-order valence-electron chi connectivity index (χ3n) is 4.01. The molecule has 0 saturated heterocycles. The SMILES string of the molecule is O=c1[nH]cnc2cc(NC3CCC(O)CC3)c([N+](=O)[O-])cc12. The van der Waals surface area contributed by atoms with Gasteiger partial charge in [-0.15, -0.1) is 0 Å². The van der Waals surface area contributed by atoms with Gasteiger partial charge in [-0.1, -0.05) is 0 Å². The van der Waals surface area contributed by atoms with Crippen LogP contribution in [0.4, 0.5) is 11.4 Å². The zero-order valence-corrected chi connectivity index (χ0v) is 11.8. The van der Waals surface area contributed by atoms with Crippen molar-refractivity contribution >= 4 is 22.3 Å². The van der Waals surface area contributed by atoms with E-state index in [1.54, 1.807) is 0 Å². The van der Waals surface area contributed by atoms with Crippen LogP contribution in [0.3, 0.4) is 0 Å². The minimum Gasteiger partial charge on any atom is -0.393 e. The fourth-order valence-electron chi connectivity index (χ4n) is 2.81. The molecule has 1 aliphatic carbocycles. The molecule has 3 rings (SSSR count). The Morgan fingerprint density at radius 3 is 2.73 bits per heavy atom. The number of nitro groups is 1. The monoisotopic (exact) mass is 304 g/mol. The molecule has 0 unspecified atom stereocenters. The summed E-state index contributed by atoms with van der Waals surface area (Å²) in [6.45, 7) is 0. The van der Waals surface area contributed by atoms with Crippen LogP contribution in [0.15, 0.2) is 23.3 Å². The largest absolute Gasteiger partial charge is 0.393 e. The fraction of sp³-hybridized carbons (Fsp3) is 0.429. The number of H-pyrrole nitrogens is 1. The molecule has 0 radical (unpaired) electrons. The van der Waals surface area contributed by atoms with Crippen molar-refractivity contribution in [1.29, 1.82) is 0 Å². The Morgan fingerprint density at radius 2 is 2.05 bits per heavy atom. The maximum atomic E-state index is 11.7. The van der Waals surface area contributed by atoms with Crippen LogP contribution in [0.25, 0.3) is 10.9 Å². The summed E-state index contributed by atoms with van der Waals surface area (Å²) >= 11 is 0. The van der Waals surface area contributed by atoms with Crippen molar-refractivity contribution in [2.24, 2.45) is 0 Å². The lowest BCUT2D eigenvalue weighted by molar-refractivity contribution is -0.383. The summed E-state index contributed by atoms with van der Waals surface area (Å²) in [5.41, 5.74) is 0.224. The highest BCUT2D eigenvalue weighted by Crippen LogP contribution is 2.31. The minimum absolute atomic E-state index is 0.0709. The van der Waals surface area contributed by atoms with Crippen LogP contribution < -0.4 is 10.9 Å². The number of fused-ring (bicyclic) bond motifs is 1. The van der Waals surface area contributed by atoms with E-state index in [0.717, 1.165) is 12.8 Å². The first-order valence-corrected chi connectivity index (χ1v) is 7.15. The van der Waals surface area contributed by atoms with Crippen LogP contribution in [0.1, 0.15) is 25.7 Å². The number of hydrogen-bond donors (Lipinski definition) is 3. The van der Waals surface area contributed by atoms with Gasteiger partial charge in [0.2, 0.25) is 0 Å². The highest BCUT2D eigenvalue weighted by atomic mass is 16.6. The van der Waals surface area contributed by atoms with Crippen molar-refractivity contribution in [3.63, 3.8) is 0 Å². The van der Waals surface area contributed by atoms with E-state index >= 15 is 0 Å². The van der Waals surface area contributed by atoms with Crippen LogP contribution >= 0.6 is 0 Å². The third kappa shape index (κ3) is 2.77. The second kappa shape index (κ2) is 5.72. The summed E-state index contributed by atoms with van der Waals surface area (Å²) in [5, 5.41) is 24.1. The van der Waals surface area contributed by atoms with Gasteiger partial charge >= 0.3 is 0 Å². The van der Waals surface area contributed by atoms with Crippen LogP contribution in [0, 0.1) is 10.1 Å². The molecule has 1 aromatic heterocycles. The molecule has 1 fully saturated rings. The molecule has 8 nitrogen and oxygen atoms in total. The predicted molar refractivity (Wildman–Crippen MR) is 80.9 cm³/mol. The van der Waals surface area contributed by atoms with Gasteiger partial charge in [0, 0.05) is 12.1 Å². The Hall–Kier alpha value is -2.48. The second-order valence-corrected chi connectivity index (χ2v) is 5.53. The number of aromatic amines is 1. The van der Waals surface area contributed by atoms with E-state index in [-0.39, 0.29) is 23.2 Å². The first-order chi connectivity index (χ1) is 10.5. The van der Waals surface area contributed by atoms with Crippen LogP contribution in [-0.2, 0) is 0 Å². The quantitative estimate of drug-likeness (QED) is 0.584. The van der Waals surface area contributed by atoms with E-state index in [1.165, 1.54) is 18.5 Å². The maximum absolute atomic E-state index is 11.7. The lowest BCUT2D eigenvalue weighted by atomic mass is 9.93. The summed E-state index contributed by atoms with van der Waals surface area (Å²) in [7, 11) is 0. The van der Waals surface area contributed by atoms with Gasteiger partial charge in [0.15, 0.2) is 0 Å². The first-order valence-electron chi connectivity index (χ1n) is 7.15. The number of nitro benzene ring substituents is 1. The minimum atomic E-state index is -0.508. The highest BCUT2D eigenvalue weighted by Gasteiger charge is 2.23. The average Bonchev–Trinajstić information content (AvgIpc) is 2.49. The highest BCUT2D eigenvalue weighted by molar-refractivity contribution is 5.86. The summed E-state index contributed by atoms with van der Waals surface area (Å²) < 4.78 is 0. The van der Waals surface area contributed by atoms with Gasteiger partial charge in [-0.3, -0.25) is 14.9 Å². The second-order valence-electron chi connectivity index (χ2n) is 5.53. The van der Waals surface area contributed by atoms with Gasteiger partial charge in [0.05, 0.1) is 28.3 Å². The van der Waals surface area contributed by atoms with E-state index in [2.05, 4.69) is 15.3 Å². The number of aromatic nitrogens is 2. The van der Waals surface area contributed by atoms with Crippen molar-refractivity contribution in [1.82, 2.24) is 9.97 Å². The number of nitrogens with one attached hydrogen (secondary N) is 2. The summed E-state index contributed by atoms with van der Waals surface area (Å²) in [6, 6.07) is 2.86. The van der Waals surface area contributed by atoms with Crippen LogP contribution in [0.5, 0.6) is 0 Å². The van der Waals surface area contributed by atoms with Crippen LogP contribution in [0.2, 0.25) is 0 Å². The average molecular weight is 304 g/mol. The number of anilines is 1. The van der Waals surface area contributed by atoms with E-state index in [9.17, 15) is 20.0 Å². The molecule has 1 aliphatic rings. The normalized spacial score (nSPS) is 21.7. The molecular weight excluding hydrogens is 288 g/mol. The maximum Gasteiger partial charge on any atom is 0.293 e. The number of aliphatic hydroxyl groups is 1. The molecule has 1 heterocycles. The molecule has 22 heavy (non-hydrogen) atoms. The molecule has 0 bridgehead atoms. The van der Waals surface area contributed by atoms with Crippen molar-refractivity contribution < 1.29 is 10.0 Å². The Morgan fingerprint density at radius 1 is 1.32 bits per heavy atom. The van der Waals surface area contributed by atoms with Gasteiger partial charge in [-0.05, 0) is 31.7 Å². The zero-order valence-electron chi connectivity index (χ0n) is 11.8. The van der Waals surface area contributed by atoms with E-state index in [0.29, 0.717) is 24.0 Å². The van der Waals surface area contributed by atoms with Gasteiger partial charge in [0.25, 0.3) is 11.2 Å². The van der Waals surface area contributed by atoms with Gasteiger partial charge < -0.3 is 15.4 Å². The Kier molecular flexibility index (Phi) is 3.76. The van der Waals surface area contributed by atoms with E-state index in [1.807, 2.05) is 0 Å².